The molecule has 1 atom stereocenters. The lowest BCUT2D eigenvalue weighted by molar-refractivity contribution is 0.532. The van der Waals surface area contributed by atoms with Crippen molar-refractivity contribution >= 4 is 11.6 Å². The van der Waals surface area contributed by atoms with Crippen molar-refractivity contribution in [1.29, 1.82) is 0 Å². The first-order chi connectivity index (χ1) is 8.20. The molecule has 0 amide bonds. The smallest absolute Gasteiger partial charge is 0.0847 e. The van der Waals surface area contributed by atoms with Crippen LogP contribution in [0.15, 0.2) is 24.5 Å². The van der Waals surface area contributed by atoms with Crippen molar-refractivity contribution < 1.29 is 0 Å². The van der Waals surface area contributed by atoms with E-state index in [2.05, 4.69) is 20.7 Å². The van der Waals surface area contributed by atoms with E-state index in [0.29, 0.717) is 17.1 Å². The predicted molar refractivity (Wildman–Crippen MR) is 64.0 cm³/mol. The highest BCUT2D eigenvalue weighted by Crippen LogP contribution is 2.21. The Morgan fingerprint density at radius 1 is 1.59 bits per heavy atom. The number of nitrogens with two attached hydrogens (primary N) is 1. The number of halogens is 1. The summed E-state index contributed by atoms with van der Waals surface area (Å²) in [7, 11) is 1.81. The normalized spacial score (nSPS) is 12.6. The fraction of sp³-hybridized carbons (Fsp3) is 0.300. The number of hydrogen-bond donors (Lipinski definition) is 2. The van der Waals surface area contributed by atoms with E-state index in [-0.39, 0.29) is 6.04 Å². The number of aryl methyl sites for hydroxylation is 1. The summed E-state index contributed by atoms with van der Waals surface area (Å²) in [5, 5.41) is 8.45. The highest BCUT2D eigenvalue weighted by Gasteiger charge is 2.16. The molecule has 0 aliphatic carbocycles. The number of rotatable bonds is 4. The van der Waals surface area contributed by atoms with Gasteiger partial charge in [-0.3, -0.25) is 20.9 Å². The molecule has 1 unspecified atom stereocenters. The Balaban J connectivity index is 2.20. The van der Waals surface area contributed by atoms with Crippen LogP contribution in [0.4, 0.5) is 0 Å². The zero-order valence-electron chi connectivity index (χ0n) is 9.34. The van der Waals surface area contributed by atoms with Gasteiger partial charge >= 0.3 is 0 Å². The molecule has 7 heteroatoms. The molecular weight excluding hydrogens is 240 g/mol. The number of pyridine rings is 1. The van der Waals surface area contributed by atoms with Gasteiger partial charge in [0.05, 0.1) is 22.5 Å². The van der Waals surface area contributed by atoms with Gasteiger partial charge in [-0.2, -0.15) is 0 Å². The zero-order chi connectivity index (χ0) is 12.3. The maximum absolute atomic E-state index is 6.07. The van der Waals surface area contributed by atoms with Crippen molar-refractivity contribution in [2.24, 2.45) is 12.9 Å². The van der Waals surface area contributed by atoms with E-state index in [1.54, 1.807) is 23.0 Å². The average Bonchev–Trinajstić information content (AvgIpc) is 2.73. The van der Waals surface area contributed by atoms with E-state index in [4.69, 9.17) is 17.4 Å². The largest absolute Gasteiger partial charge is 0.271 e. The Morgan fingerprint density at radius 2 is 2.41 bits per heavy atom. The number of hydrogen-bond acceptors (Lipinski definition) is 5. The molecule has 0 spiro atoms. The SMILES string of the molecule is Cn1cc(CC(NN)c2ncccc2Cl)nn1. The van der Waals surface area contributed by atoms with Crippen molar-refractivity contribution in [2.45, 2.75) is 12.5 Å². The van der Waals surface area contributed by atoms with Gasteiger partial charge in [0.15, 0.2) is 0 Å². The van der Waals surface area contributed by atoms with Crippen molar-refractivity contribution in [3.05, 3.63) is 40.9 Å². The first-order valence-electron chi connectivity index (χ1n) is 5.12. The summed E-state index contributed by atoms with van der Waals surface area (Å²) in [6, 6.07) is 3.38. The summed E-state index contributed by atoms with van der Waals surface area (Å²) in [5.41, 5.74) is 4.23. The second-order valence-corrected chi connectivity index (χ2v) is 4.08. The highest BCUT2D eigenvalue weighted by molar-refractivity contribution is 6.31. The summed E-state index contributed by atoms with van der Waals surface area (Å²) in [5.74, 6) is 5.52. The lowest BCUT2D eigenvalue weighted by Crippen LogP contribution is -2.30. The van der Waals surface area contributed by atoms with E-state index in [1.807, 2.05) is 13.2 Å². The fourth-order valence-electron chi connectivity index (χ4n) is 1.59. The van der Waals surface area contributed by atoms with Gasteiger partial charge in [-0.25, -0.2) is 0 Å². The van der Waals surface area contributed by atoms with E-state index in [9.17, 15) is 0 Å². The van der Waals surface area contributed by atoms with E-state index in [0.717, 1.165) is 5.69 Å². The molecule has 2 aromatic rings. The van der Waals surface area contributed by atoms with E-state index < -0.39 is 0 Å². The van der Waals surface area contributed by atoms with Crippen molar-refractivity contribution in [1.82, 2.24) is 25.4 Å². The molecule has 0 bridgehead atoms. The molecule has 0 aliphatic heterocycles. The first kappa shape index (κ1) is 12.0. The van der Waals surface area contributed by atoms with Gasteiger partial charge in [0.1, 0.15) is 0 Å². The predicted octanol–water partition coefficient (Wildman–Crippen LogP) is 0.611. The van der Waals surface area contributed by atoms with Crippen LogP contribution in [0.3, 0.4) is 0 Å². The van der Waals surface area contributed by atoms with Crippen molar-refractivity contribution in [3.63, 3.8) is 0 Å². The number of nitrogens with zero attached hydrogens (tertiary/aromatic N) is 4. The van der Waals surface area contributed by atoms with Crippen molar-refractivity contribution in [3.8, 4) is 0 Å². The zero-order valence-corrected chi connectivity index (χ0v) is 10.1. The van der Waals surface area contributed by atoms with Crippen LogP contribution < -0.4 is 11.3 Å². The molecule has 2 aromatic heterocycles. The topological polar surface area (TPSA) is 81.7 Å². The molecule has 17 heavy (non-hydrogen) atoms. The Labute approximate surface area is 104 Å². The van der Waals surface area contributed by atoms with Gasteiger partial charge < -0.3 is 0 Å². The monoisotopic (exact) mass is 252 g/mol. The van der Waals surface area contributed by atoms with Crippen LogP contribution in [-0.2, 0) is 13.5 Å². The minimum Gasteiger partial charge on any atom is -0.271 e. The molecule has 0 saturated carbocycles. The molecule has 90 valence electrons. The van der Waals surface area contributed by atoms with Crippen LogP contribution in [0.1, 0.15) is 17.4 Å². The fourth-order valence-corrected chi connectivity index (χ4v) is 1.84. The quantitative estimate of drug-likeness (QED) is 0.616. The second kappa shape index (κ2) is 5.22. The van der Waals surface area contributed by atoms with Gasteiger partial charge in [0.2, 0.25) is 0 Å². The van der Waals surface area contributed by atoms with Crippen LogP contribution >= 0.6 is 11.6 Å². The molecule has 0 radical (unpaired) electrons. The average molecular weight is 253 g/mol. The maximum atomic E-state index is 6.07. The van der Waals surface area contributed by atoms with Gasteiger partial charge in [0.25, 0.3) is 0 Å². The molecule has 3 N–H and O–H groups in total. The number of nitrogens with one attached hydrogen (secondary N) is 1. The molecule has 0 aliphatic rings. The standard InChI is InChI=1S/C10H13ClN6/c1-17-6-7(15-16-17)5-9(14-12)10-8(11)3-2-4-13-10/h2-4,6,9,14H,5,12H2,1H3. The second-order valence-electron chi connectivity index (χ2n) is 3.68. The molecule has 2 rings (SSSR count). The molecule has 6 nitrogen and oxygen atoms in total. The molecule has 0 fully saturated rings. The van der Waals surface area contributed by atoms with Crippen LogP contribution in [0.25, 0.3) is 0 Å². The molecular formula is C10H13ClN6. The Kier molecular flexibility index (Phi) is 3.68. The van der Waals surface area contributed by atoms with Crippen LogP contribution in [0, 0.1) is 0 Å². The third-order valence-electron chi connectivity index (χ3n) is 2.38. The summed E-state index contributed by atoms with van der Waals surface area (Å²) >= 11 is 6.07. The minimum atomic E-state index is -0.180. The van der Waals surface area contributed by atoms with E-state index in [1.165, 1.54) is 0 Å². The highest BCUT2D eigenvalue weighted by atomic mass is 35.5. The van der Waals surface area contributed by atoms with Crippen molar-refractivity contribution in [2.75, 3.05) is 0 Å². The molecule has 0 aromatic carbocycles. The number of aromatic nitrogens is 4. The molecule has 0 saturated heterocycles. The van der Waals surface area contributed by atoms with Gasteiger partial charge in [-0.15, -0.1) is 5.10 Å². The van der Waals surface area contributed by atoms with Crippen LogP contribution in [0.2, 0.25) is 5.02 Å². The summed E-state index contributed by atoms with van der Waals surface area (Å²) < 4.78 is 1.64. The van der Waals surface area contributed by atoms with E-state index >= 15 is 0 Å². The number of hydrazine groups is 1. The molecule has 2 heterocycles. The van der Waals surface area contributed by atoms with Crippen LogP contribution in [-0.4, -0.2) is 20.0 Å². The Bertz CT molecular complexity index is 497. The lowest BCUT2D eigenvalue weighted by Gasteiger charge is -2.14. The van der Waals surface area contributed by atoms with Crippen LogP contribution in [0.5, 0.6) is 0 Å². The third kappa shape index (κ3) is 2.79. The minimum absolute atomic E-state index is 0.180. The lowest BCUT2D eigenvalue weighted by atomic mass is 10.1. The maximum Gasteiger partial charge on any atom is 0.0847 e. The van der Waals surface area contributed by atoms with Gasteiger partial charge in [0, 0.05) is 25.9 Å². The summed E-state index contributed by atoms with van der Waals surface area (Å²) in [6.07, 6.45) is 4.10. The Hall–Kier alpha value is -1.50. The summed E-state index contributed by atoms with van der Waals surface area (Å²) in [6.45, 7) is 0. The van der Waals surface area contributed by atoms with Gasteiger partial charge in [-0.05, 0) is 12.1 Å². The van der Waals surface area contributed by atoms with Gasteiger partial charge in [-0.1, -0.05) is 16.8 Å². The first-order valence-corrected chi connectivity index (χ1v) is 5.50. The summed E-state index contributed by atoms with van der Waals surface area (Å²) in [4.78, 5) is 4.22. The third-order valence-corrected chi connectivity index (χ3v) is 2.70. The Morgan fingerprint density at radius 3 is 3.00 bits per heavy atom.